The normalized spacial score (nSPS) is 17.6. The minimum atomic E-state index is -0.310. The van der Waals surface area contributed by atoms with Gasteiger partial charge in [0.15, 0.2) is 0 Å². The molecule has 4 nitrogen and oxygen atoms in total. The summed E-state index contributed by atoms with van der Waals surface area (Å²) in [6.45, 7) is 7.22. The number of amides is 1. The second-order valence-corrected chi connectivity index (χ2v) is 6.61. The number of carbonyl (C=O) groups is 1. The maximum Gasteiger partial charge on any atom is 0.254 e. The molecule has 0 radical (unpaired) electrons. The van der Waals surface area contributed by atoms with Crippen LogP contribution in [0.4, 0.5) is 0 Å². The predicted molar refractivity (Wildman–Crippen MR) is 82.2 cm³/mol. The topological polar surface area (TPSA) is 57.0 Å². The van der Waals surface area contributed by atoms with Crippen molar-refractivity contribution in [3.63, 3.8) is 0 Å². The highest BCUT2D eigenvalue weighted by Crippen LogP contribution is 2.30. The van der Waals surface area contributed by atoms with Crippen LogP contribution in [0.15, 0.2) is 12.1 Å². The monoisotopic (exact) mass is 305 g/mol. The van der Waals surface area contributed by atoms with Gasteiger partial charge in [0.25, 0.3) is 5.91 Å². The van der Waals surface area contributed by atoms with E-state index in [2.05, 4.69) is 11.1 Å². The van der Waals surface area contributed by atoms with E-state index in [0.29, 0.717) is 36.6 Å². The molecular weight excluding hydrogens is 286 g/mol. The van der Waals surface area contributed by atoms with Crippen molar-refractivity contribution in [2.45, 2.75) is 39.5 Å². The molecule has 0 N–H and O–H groups in total. The molecule has 1 aliphatic heterocycles. The first-order valence-electron chi connectivity index (χ1n) is 7.23. The summed E-state index contributed by atoms with van der Waals surface area (Å²) in [5.74, 6) is 0.194. The number of nitrogens with zero attached hydrogens (tertiary/aromatic N) is 3. The van der Waals surface area contributed by atoms with Gasteiger partial charge < -0.3 is 4.90 Å². The van der Waals surface area contributed by atoms with Gasteiger partial charge in [0.2, 0.25) is 0 Å². The second-order valence-electron chi connectivity index (χ2n) is 6.22. The van der Waals surface area contributed by atoms with Gasteiger partial charge in [-0.15, -0.1) is 0 Å². The summed E-state index contributed by atoms with van der Waals surface area (Å²) in [5.41, 5.74) is 1.10. The summed E-state index contributed by atoms with van der Waals surface area (Å²) in [5, 5.41) is 9.50. The van der Waals surface area contributed by atoms with Gasteiger partial charge in [-0.3, -0.25) is 4.79 Å². The number of aromatic nitrogens is 1. The summed E-state index contributed by atoms with van der Waals surface area (Å²) in [7, 11) is 0. The van der Waals surface area contributed by atoms with Gasteiger partial charge in [0.1, 0.15) is 5.15 Å². The Morgan fingerprint density at radius 3 is 2.57 bits per heavy atom. The molecule has 21 heavy (non-hydrogen) atoms. The summed E-state index contributed by atoms with van der Waals surface area (Å²) < 4.78 is 0. The van der Waals surface area contributed by atoms with Crippen molar-refractivity contribution < 1.29 is 4.79 Å². The summed E-state index contributed by atoms with van der Waals surface area (Å²) in [4.78, 5) is 18.6. The molecule has 1 fully saturated rings. The summed E-state index contributed by atoms with van der Waals surface area (Å²) in [6.07, 6.45) is 1.43. The standard InChI is InChI=1S/C16H20ClN3O/c1-11(2)13-8-12(9-14(17)19-13)15(21)20-6-4-16(3,10-18)5-7-20/h8-9,11H,4-7H2,1-3H3. The van der Waals surface area contributed by atoms with E-state index >= 15 is 0 Å². The third kappa shape index (κ3) is 3.54. The number of pyridine rings is 1. The number of piperidine rings is 1. The Balaban J connectivity index is 2.17. The van der Waals surface area contributed by atoms with E-state index in [1.165, 1.54) is 0 Å². The van der Waals surface area contributed by atoms with E-state index in [0.717, 1.165) is 5.69 Å². The Bertz CT molecular complexity index is 584. The molecule has 1 aromatic rings. The maximum atomic E-state index is 12.6. The Labute approximate surface area is 130 Å². The third-order valence-corrected chi connectivity index (χ3v) is 4.27. The van der Waals surface area contributed by atoms with Crippen LogP contribution in [0, 0.1) is 16.7 Å². The predicted octanol–water partition coefficient (Wildman–Crippen LogP) is 3.62. The van der Waals surface area contributed by atoms with Crippen LogP contribution in [-0.2, 0) is 0 Å². The van der Waals surface area contributed by atoms with Gasteiger partial charge >= 0.3 is 0 Å². The maximum absolute atomic E-state index is 12.6. The highest BCUT2D eigenvalue weighted by atomic mass is 35.5. The van der Waals surface area contributed by atoms with Crippen LogP contribution in [0.3, 0.4) is 0 Å². The zero-order valence-corrected chi connectivity index (χ0v) is 13.4. The Morgan fingerprint density at radius 2 is 2.05 bits per heavy atom. The third-order valence-electron chi connectivity index (χ3n) is 4.08. The van der Waals surface area contributed by atoms with Crippen molar-refractivity contribution in [2.24, 2.45) is 5.41 Å². The van der Waals surface area contributed by atoms with Crippen LogP contribution in [0.5, 0.6) is 0 Å². The summed E-state index contributed by atoms with van der Waals surface area (Å²) in [6, 6.07) is 5.78. The first-order chi connectivity index (χ1) is 9.84. The number of carbonyl (C=O) groups excluding carboxylic acids is 1. The fourth-order valence-electron chi connectivity index (χ4n) is 2.43. The minimum absolute atomic E-state index is 0.0267. The molecule has 0 spiro atoms. The lowest BCUT2D eigenvalue weighted by molar-refractivity contribution is 0.0661. The lowest BCUT2D eigenvalue weighted by Crippen LogP contribution is -2.41. The molecule has 1 amide bonds. The summed E-state index contributed by atoms with van der Waals surface area (Å²) >= 11 is 6.02. The smallest absolute Gasteiger partial charge is 0.254 e. The van der Waals surface area contributed by atoms with E-state index in [4.69, 9.17) is 16.9 Å². The molecule has 0 unspecified atom stereocenters. The van der Waals surface area contributed by atoms with E-state index in [1.54, 1.807) is 11.0 Å². The lowest BCUT2D eigenvalue weighted by Gasteiger charge is -2.35. The van der Waals surface area contributed by atoms with Crippen LogP contribution >= 0.6 is 11.6 Å². The van der Waals surface area contributed by atoms with Crippen LogP contribution < -0.4 is 0 Å². The molecule has 2 rings (SSSR count). The van der Waals surface area contributed by atoms with Crippen molar-refractivity contribution in [2.75, 3.05) is 13.1 Å². The fourth-order valence-corrected chi connectivity index (χ4v) is 2.65. The first-order valence-corrected chi connectivity index (χ1v) is 7.60. The molecule has 5 heteroatoms. The number of likely N-dealkylation sites (tertiary alicyclic amines) is 1. The Kier molecular flexibility index (Phi) is 4.53. The molecule has 0 aromatic carbocycles. The van der Waals surface area contributed by atoms with Gasteiger partial charge in [-0.25, -0.2) is 4.98 Å². The Hall–Kier alpha value is -1.60. The van der Waals surface area contributed by atoms with Gasteiger partial charge in [-0.2, -0.15) is 5.26 Å². The SMILES string of the molecule is CC(C)c1cc(C(=O)N2CCC(C)(C#N)CC2)cc(Cl)n1. The highest BCUT2D eigenvalue weighted by Gasteiger charge is 2.32. The quantitative estimate of drug-likeness (QED) is 0.784. The van der Waals surface area contributed by atoms with Crippen LogP contribution in [0.25, 0.3) is 0 Å². The zero-order valence-electron chi connectivity index (χ0n) is 12.7. The number of nitriles is 1. The molecule has 1 aromatic heterocycles. The Morgan fingerprint density at radius 1 is 1.43 bits per heavy atom. The van der Waals surface area contributed by atoms with Crippen molar-refractivity contribution in [1.82, 2.24) is 9.88 Å². The van der Waals surface area contributed by atoms with E-state index in [1.807, 2.05) is 26.8 Å². The fraction of sp³-hybridized carbons (Fsp3) is 0.562. The van der Waals surface area contributed by atoms with Crippen LogP contribution in [-0.4, -0.2) is 28.9 Å². The molecule has 0 saturated carbocycles. The van der Waals surface area contributed by atoms with Crippen LogP contribution in [0.1, 0.15) is 55.6 Å². The van der Waals surface area contributed by atoms with Crippen molar-refractivity contribution in [3.8, 4) is 6.07 Å². The van der Waals surface area contributed by atoms with Gasteiger partial charge in [0.05, 0.1) is 11.5 Å². The number of hydrogen-bond acceptors (Lipinski definition) is 3. The number of rotatable bonds is 2. The highest BCUT2D eigenvalue weighted by molar-refractivity contribution is 6.29. The van der Waals surface area contributed by atoms with Crippen molar-refractivity contribution >= 4 is 17.5 Å². The number of halogens is 1. The molecule has 1 aliphatic rings. The number of hydrogen-bond donors (Lipinski definition) is 0. The second kappa shape index (κ2) is 6.03. The average molecular weight is 306 g/mol. The van der Waals surface area contributed by atoms with E-state index < -0.39 is 0 Å². The van der Waals surface area contributed by atoms with Crippen molar-refractivity contribution in [1.29, 1.82) is 5.26 Å². The molecular formula is C16H20ClN3O. The molecule has 0 bridgehead atoms. The minimum Gasteiger partial charge on any atom is -0.339 e. The first kappa shape index (κ1) is 15.8. The average Bonchev–Trinajstić information content (AvgIpc) is 2.46. The van der Waals surface area contributed by atoms with Crippen molar-refractivity contribution in [3.05, 3.63) is 28.5 Å². The van der Waals surface area contributed by atoms with Gasteiger partial charge in [-0.1, -0.05) is 25.4 Å². The van der Waals surface area contributed by atoms with E-state index in [9.17, 15) is 4.79 Å². The van der Waals surface area contributed by atoms with Gasteiger partial charge in [0, 0.05) is 24.3 Å². The molecule has 0 aliphatic carbocycles. The molecule has 2 heterocycles. The van der Waals surface area contributed by atoms with E-state index in [-0.39, 0.29) is 17.2 Å². The molecule has 1 saturated heterocycles. The molecule has 0 atom stereocenters. The van der Waals surface area contributed by atoms with Crippen LogP contribution in [0.2, 0.25) is 5.15 Å². The molecule has 112 valence electrons. The largest absolute Gasteiger partial charge is 0.339 e. The zero-order chi connectivity index (χ0) is 15.6. The lowest BCUT2D eigenvalue weighted by atomic mass is 9.82. The van der Waals surface area contributed by atoms with Gasteiger partial charge in [-0.05, 0) is 37.8 Å².